The molecule has 2 N–H and O–H groups in total. The van der Waals surface area contributed by atoms with Crippen molar-refractivity contribution < 1.29 is 0 Å². The minimum absolute atomic E-state index is 0.393. The van der Waals surface area contributed by atoms with Crippen LogP contribution in [-0.2, 0) is 6.54 Å². The summed E-state index contributed by atoms with van der Waals surface area (Å²) in [6.07, 6.45) is 4.48. The predicted octanol–water partition coefficient (Wildman–Crippen LogP) is -0.484. The monoisotopic (exact) mass is 176 g/mol. The number of hydrogen-bond donors (Lipinski definition) is 1. The lowest BCUT2D eigenvalue weighted by Gasteiger charge is -1.99. The van der Waals surface area contributed by atoms with Crippen LogP contribution in [0, 0.1) is 0 Å². The van der Waals surface area contributed by atoms with E-state index in [1.54, 1.807) is 17.1 Å². The third-order valence-electron chi connectivity index (χ3n) is 1.57. The zero-order valence-corrected chi connectivity index (χ0v) is 6.83. The molecule has 0 saturated carbocycles. The predicted molar refractivity (Wildman–Crippen MR) is 44.8 cm³/mol. The van der Waals surface area contributed by atoms with E-state index in [-0.39, 0.29) is 0 Å². The van der Waals surface area contributed by atoms with Crippen LogP contribution in [0.4, 0.5) is 0 Å². The van der Waals surface area contributed by atoms with Crippen molar-refractivity contribution in [2.75, 3.05) is 0 Å². The highest BCUT2D eigenvalue weighted by Gasteiger charge is 1.99. The molecule has 6 nitrogen and oxygen atoms in total. The highest BCUT2D eigenvalue weighted by molar-refractivity contribution is 5.21. The molecule has 0 fully saturated rings. The molecule has 2 rings (SSSR count). The van der Waals surface area contributed by atoms with Crippen LogP contribution in [0.5, 0.6) is 0 Å². The molecular formula is C7H8N6. The summed E-state index contributed by atoms with van der Waals surface area (Å²) < 4.78 is 1.56. The fraction of sp³-hybridized carbons (Fsp3) is 0.143. The first kappa shape index (κ1) is 7.81. The van der Waals surface area contributed by atoms with Gasteiger partial charge in [0, 0.05) is 12.6 Å². The molecule has 0 unspecified atom stereocenters. The fourth-order valence-corrected chi connectivity index (χ4v) is 0.949. The SMILES string of the molecule is NCc1cc(-n2cncn2)ncn1. The van der Waals surface area contributed by atoms with E-state index in [0.717, 1.165) is 5.69 Å². The molecular weight excluding hydrogens is 168 g/mol. The molecule has 2 heterocycles. The maximum Gasteiger partial charge on any atom is 0.158 e. The lowest BCUT2D eigenvalue weighted by Crippen LogP contribution is -2.04. The minimum atomic E-state index is 0.393. The molecule has 0 aliphatic carbocycles. The first-order valence-electron chi connectivity index (χ1n) is 3.76. The van der Waals surface area contributed by atoms with Gasteiger partial charge >= 0.3 is 0 Å². The summed E-state index contributed by atoms with van der Waals surface area (Å²) in [5, 5.41) is 3.94. The minimum Gasteiger partial charge on any atom is -0.325 e. The molecule has 0 saturated heterocycles. The third-order valence-corrected chi connectivity index (χ3v) is 1.57. The molecule has 0 spiro atoms. The van der Waals surface area contributed by atoms with Crippen molar-refractivity contribution in [1.29, 1.82) is 0 Å². The quantitative estimate of drug-likeness (QED) is 0.668. The number of aromatic nitrogens is 5. The summed E-state index contributed by atoms with van der Waals surface area (Å²) in [4.78, 5) is 11.8. The van der Waals surface area contributed by atoms with Crippen molar-refractivity contribution in [1.82, 2.24) is 24.7 Å². The van der Waals surface area contributed by atoms with Gasteiger partial charge in [0.15, 0.2) is 5.82 Å². The van der Waals surface area contributed by atoms with Crippen LogP contribution in [0.15, 0.2) is 25.0 Å². The van der Waals surface area contributed by atoms with Crippen LogP contribution in [0.3, 0.4) is 0 Å². The smallest absolute Gasteiger partial charge is 0.158 e. The van der Waals surface area contributed by atoms with E-state index in [2.05, 4.69) is 20.1 Å². The molecule has 2 aromatic heterocycles. The Kier molecular flexibility index (Phi) is 1.97. The van der Waals surface area contributed by atoms with Crippen molar-refractivity contribution in [3.8, 4) is 5.82 Å². The zero-order valence-electron chi connectivity index (χ0n) is 6.83. The summed E-state index contributed by atoms with van der Waals surface area (Å²) in [7, 11) is 0. The zero-order chi connectivity index (χ0) is 9.10. The van der Waals surface area contributed by atoms with Crippen LogP contribution >= 0.6 is 0 Å². The lowest BCUT2D eigenvalue weighted by molar-refractivity contribution is 0.824. The van der Waals surface area contributed by atoms with Crippen LogP contribution < -0.4 is 5.73 Å². The maximum atomic E-state index is 5.44. The van der Waals surface area contributed by atoms with E-state index in [4.69, 9.17) is 5.73 Å². The third kappa shape index (κ3) is 1.52. The van der Waals surface area contributed by atoms with Crippen LogP contribution in [-0.4, -0.2) is 24.7 Å². The van der Waals surface area contributed by atoms with Gasteiger partial charge in [0.05, 0.1) is 5.69 Å². The van der Waals surface area contributed by atoms with Gasteiger partial charge < -0.3 is 5.73 Å². The molecule has 0 aliphatic rings. The number of hydrogen-bond acceptors (Lipinski definition) is 5. The van der Waals surface area contributed by atoms with E-state index in [1.807, 2.05) is 0 Å². The van der Waals surface area contributed by atoms with Crippen molar-refractivity contribution in [2.45, 2.75) is 6.54 Å². The van der Waals surface area contributed by atoms with E-state index >= 15 is 0 Å². The van der Waals surface area contributed by atoms with Crippen molar-refractivity contribution in [2.24, 2.45) is 5.73 Å². The normalized spacial score (nSPS) is 10.2. The van der Waals surface area contributed by atoms with E-state index in [9.17, 15) is 0 Å². The van der Waals surface area contributed by atoms with Crippen LogP contribution in [0.2, 0.25) is 0 Å². The molecule has 66 valence electrons. The molecule has 0 amide bonds. The Hall–Kier alpha value is -1.82. The molecule has 13 heavy (non-hydrogen) atoms. The highest BCUT2D eigenvalue weighted by atomic mass is 15.3. The van der Waals surface area contributed by atoms with Gasteiger partial charge in [-0.3, -0.25) is 0 Å². The summed E-state index contributed by atoms with van der Waals surface area (Å²) in [5.41, 5.74) is 6.21. The average Bonchev–Trinajstić information content (AvgIpc) is 2.71. The van der Waals surface area contributed by atoms with Crippen LogP contribution in [0.25, 0.3) is 5.82 Å². The summed E-state index contributed by atoms with van der Waals surface area (Å²) in [6.45, 7) is 0.393. The van der Waals surface area contributed by atoms with E-state index < -0.39 is 0 Å². The van der Waals surface area contributed by atoms with Crippen LogP contribution in [0.1, 0.15) is 5.69 Å². The van der Waals surface area contributed by atoms with E-state index in [1.165, 1.54) is 12.7 Å². The Morgan fingerprint density at radius 3 is 2.92 bits per heavy atom. The van der Waals surface area contributed by atoms with Gasteiger partial charge in [0.1, 0.15) is 19.0 Å². The van der Waals surface area contributed by atoms with Gasteiger partial charge in [-0.15, -0.1) is 0 Å². The molecule has 2 aromatic rings. The molecule has 0 aromatic carbocycles. The highest BCUT2D eigenvalue weighted by Crippen LogP contribution is 2.01. The second-order valence-corrected chi connectivity index (χ2v) is 2.41. The van der Waals surface area contributed by atoms with Crippen molar-refractivity contribution >= 4 is 0 Å². The standard InChI is InChI=1S/C7H8N6/c8-2-6-1-7(11-4-10-6)13-5-9-3-12-13/h1,3-5H,2,8H2. The largest absolute Gasteiger partial charge is 0.325 e. The molecule has 0 aliphatic heterocycles. The Morgan fingerprint density at radius 1 is 1.31 bits per heavy atom. The van der Waals surface area contributed by atoms with Gasteiger partial charge in [-0.2, -0.15) is 5.10 Å². The topological polar surface area (TPSA) is 82.5 Å². The maximum absolute atomic E-state index is 5.44. The molecule has 0 atom stereocenters. The average molecular weight is 176 g/mol. The number of nitrogens with zero attached hydrogens (tertiary/aromatic N) is 5. The summed E-state index contributed by atoms with van der Waals surface area (Å²) in [5.74, 6) is 0.674. The summed E-state index contributed by atoms with van der Waals surface area (Å²) >= 11 is 0. The van der Waals surface area contributed by atoms with Crippen molar-refractivity contribution in [3.05, 3.63) is 30.7 Å². The van der Waals surface area contributed by atoms with Gasteiger partial charge in [0.2, 0.25) is 0 Å². The van der Waals surface area contributed by atoms with Gasteiger partial charge in [-0.25, -0.2) is 19.6 Å². The van der Waals surface area contributed by atoms with Gasteiger partial charge in [-0.1, -0.05) is 0 Å². The summed E-state index contributed by atoms with van der Waals surface area (Å²) in [6, 6.07) is 1.77. The number of nitrogens with two attached hydrogens (primary N) is 1. The number of rotatable bonds is 2. The first-order chi connectivity index (χ1) is 6.40. The van der Waals surface area contributed by atoms with E-state index in [0.29, 0.717) is 12.4 Å². The Labute approximate surface area is 74.5 Å². The molecule has 6 heteroatoms. The Bertz CT molecular complexity index is 382. The van der Waals surface area contributed by atoms with Gasteiger partial charge in [0.25, 0.3) is 0 Å². The fourth-order valence-electron chi connectivity index (χ4n) is 0.949. The first-order valence-corrected chi connectivity index (χ1v) is 3.76. The Balaban J connectivity index is 2.41. The molecule has 0 radical (unpaired) electrons. The lowest BCUT2D eigenvalue weighted by atomic mass is 10.4. The van der Waals surface area contributed by atoms with Crippen molar-refractivity contribution in [3.63, 3.8) is 0 Å². The second kappa shape index (κ2) is 3.28. The molecule has 0 bridgehead atoms. The second-order valence-electron chi connectivity index (χ2n) is 2.41. The Morgan fingerprint density at radius 2 is 2.23 bits per heavy atom. The van der Waals surface area contributed by atoms with Gasteiger partial charge in [-0.05, 0) is 0 Å².